The van der Waals surface area contributed by atoms with Gasteiger partial charge in [-0.2, -0.15) is 5.06 Å². The number of hydrogen-bond acceptors (Lipinski definition) is 4. The van der Waals surface area contributed by atoms with E-state index >= 15 is 0 Å². The maximum absolute atomic E-state index is 13.6. The molecule has 0 aromatic heterocycles. The van der Waals surface area contributed by atoms with Crippen molar-refractivity contribution in [3.63, 3.8) is 0 Å². The summed E-state index contributed by atoms with van der Waals surface area (Å²) in [7, 11) is 3.36. The second kappa shape index (κ2) is 10.0. The topological polar surface area (TPSA) is 61.9 Å². The molecule has 32 heavy (non-hydrogen) atoms. The van der Waals surface area contributed by atoms with Crippen molar-refractivity contribution in [3.05, 3.63) is 63.7 Å². The number of aryl methyl sites for hydroxylation is 3. The monoisotopic (exact) mass is 457 g/mol. The van der Waals surface area contributed by atoms with E-state index in [-0.39, 0.29) is 18.2 Å². The highest BCUT2D eigenvalue weighted by molar-refractivity contribution is 6.30. The zero-order valence-corrected chi connectivity index (χ0v) is 20.3. The molecule has 1 N–H and O–H groups in total. The third-order valence-electron chi connectivity index (χ3n) is 6.54. The van der Waals surface area contributed by atoms with Crippen LogP contribution < -0.4 is 5.32 Å². The molecule has 172 valence electrons. The van der Waals surface area contributed by atoms with Crippen LogP contribution in [0.2, 0.25) is 5.02 Å². The largest absolute Gasteiger partial charge is 0.331 e. The van der Waals surface area contributed by atoms with E-state index in [9.17, 15) is 9.59 Å². The number of anilines is 1. The van der Waals surface area contributed by atoms with Crippen molar-refractivity contribution >= 4 is 29.1 Å². The number of hydrogen-bond donors (Lipinski definition) is 1. The van der Waals surface area contributed by atoms with Gasteiger partial charge in [-0.25, -0.2) is 0 Å². The van der Waals surface area contributed by atoms with Crippen LogP contribution in [0.3, 0.4) is 0 Å². The lowest BCUT2D eigenvalue weighted by Gasteiger charge is -2.45. The first kappa shape index (κ1) is 24.2. The van der Waals surface area contributed by atoms with Gasteiger partial charge in [0.05, 0.1) is 13.5 Å². The van der Waals surface area contributed by atoms with Crippen LogP contribution in [-0.2, 0) is 20.8 Å². The average Bonchev–Trinajstić information content (AvgIpc) is 2.77. The molecular weight excluding hydrogens is 426 g/mol. The number of rotatable bonds is 6. The first-order chi connectivity index (χ1) is 15.2. The van der Waals surface area contributed by atoms with Gasteiger partial charge in [-0.05, 0) is 74.6 Å². The molecule has 2 amide bonds. The highest BCUT2D eigenvalue weighted by Gasteiger charge is 2.47. The van der Waals surface area contributed by atoms with E-state index in [1.54, 1.807) is 19.1 Å². The van der Waals surface area contributed by atoms with Crippen LogP contribution in [-0.4, -0.2) is 54.6 Å². The van der Waals surface area contributed by atoms with E-state index in [0.717, 1.165) is 27.9 Å². The van der Waals surface area contributed by atoms with Crippen molar-refractivity contribution in [3.8, 4) is 0 Å². The maximum atomic E-state index is 13.6. The molecule has 2 aromatic rings. The van der Waals surface area contributed by atoms with Gasteiger partial charge in [0.2, 0.25) is 11.8 Å². The summed E-state index contributed by atoms with van der Waals surface area (Å²) in [6, 6.07) is 11.4. The summed E-state index contributed by atoms with van der Waals surface area (Å²) in [6.45, 7) is 7.04. The van der Waals surface area contributed by atoms with Gasteiger partial charge in [-0.3, -0.25) is 9.59 Å². The molecule has 1 aliphatic rings. The number of nitrogens with zero attached hydrogens (tertiary/aromatic N) is 2. The van der Waals surface area contributed by atoms with Gasteiger partial charge in [0, 0.05) is 30.8 Å². The highest BCUT2D eigenvalue weighted by atomic mass is 35.5. The highest BCUT2D eigenvalue weighted by Crippen LogP contribution is 2.31. The van der Waals surface area contributed by atoms with Gasteiger partial charge < -0.3 is 15.1 Å². The lowest BCUT2D eigenvalue weighted by Crippen LogP contribution is -2.62. The van der Waals surface area contributed by atoms with Crippen molar-refractivity contribution in [1.82, 2.24) is 9.96 Å². The average molecular weight is 458 g/mol. The van der Waals surface area contributed by atoms with Crippen LogP contribution >= 0.6 is 11.6 Å². The summed E-state index contributed by atoms with van der Waals surface area (Å²) >= 11 is 6.16. The lowest BCUT2D eigenvalue weighted by atomic mass is 9.84. The number of carbonyl (C=O) groups is 2. The fourth-order valence-corrected chi connectivity index (χ4v) is 4.69. The number of piperidine rings is 1. The number of amides is 2. The molecule has 6 nitrogen and oxygen atoms in total. The first-order valence-corrected chi connectivity index (χ1v) is 11.2. The normalized spacial score (nSPS) is 15.9. The van der Waals surface area contributed by atoms with Crippen LogP contribution in [0.15, 0.2) is 36.4 Å². The van der Waals surface area contributed by atoms with Crippen LogP contribution in [0.5, 0.6) is 0 Å². The molecule has 1 aliphatic heterocycles. The molecular formula is C25H32ClN3O3. The molecule has 3 rings (SSSR count). The lowest BCUT2D eigenvalue weighted by molar-refractivity contribution is -0.171. The molecule has 0 radical (unpaired) electrons. The van der Waals surface area contributed by atoms with E-state index in [2.05, 4.69) is 5.32 Å². The molecule has 1 fully saturated rings. The quantitative estimate of drug-likeness (QED) is 0.702. The van der Waals surface area contributed by atoms with E-state index < -0.39 is 5.54 Å². The van der Waals surface area contributed by atoms with Crippen LogP contribution in [0.25, 0.3) is 0 Å². The fourth-order valence-electron chi connectivity index (χ4n) is 4.37. The van der Waals surface area contributed by atoms with E-state index in [1.165, 1.54) is 0 Å². The zero-order valence-electron chi connectivity index (χ0n) is 19.5. The Hall–Kier alpha value is -2.41. The summed E-state index contributed by atoms with van der Waals surface area (Å²) in [5.74, 6) is -0.263. The minimum atomic E-state index is -0.953. The number of halogens is 1. The molecule has 0 saturated carbocycles. The predicted octanol–water partition coefficient (Wildman–Crippen LogP) is 4.30. The second-order valence-electron chi connectivity index (χ2n) is 8.61. The number of nitrogens with one attached hydrogen (secondary N) is 1. The minimum absolute atomic E-state index is 0.0940. The van der Waals surface area contributed by atoms with Crippen molar-refractivity contribution < 1.29 is 14.4 Å². The molecule has 2 aromatic carbocycles. The Kier molecular flexibility index (Phi) is 7.59. The molecule has 0 aliphatic carbocycles. The van der Waals surface area contributed by atoms with E-state index in [1.807, 2.05) is 62.2 Å². The third-order valence-corrected chi connectivity index (χ3v) is 6.76. The van der Waals surface area contributed by atoms with Gasteiger partial charge in [0.15, 0.2) is 0 Å². The Balaban J connectivity index is 1.86. The fraction of sp³-hybridized carbons (Fsp3) is 0.440. The Labute approximate surface area is 195 Å². The van der Waals surface area contributed by atoms with Crippen molar-refractivity contribution in [2.45, 2.75) is 45.6 Å². The van der Waals surface area contributed by atoms with Crippen molar-refractivity contribution in [2.75, 3.05) is 32.6 Å². The smallest absolute Gasteiger partial charge is 0.250 e. The van der Waals surface area contributed by atoms with Crippen molar-refractivity contribution in [1.29, 1.82) is 0 Å². The van der Waals surface area contributed by atoms with Gasteiger partial charge in [0.1, 0.15) is 5.54 Å². The molecule has 0 bridgehead atoms. The maximum Gasteiger partial charge on any atom is 0.250 e. The number of likely N-dealkylation sites (N-methyl/N-ethyl adjacent to an activating group) is 1. The molecule has 1 heterocycles. The Morgan fingerprint density at radius 1 is 1.09 bits per heavy atom. The summed E-state index contributed by atoms with van der Waals surface area (Å²) in [5.41, 5.74) is 3.79. The van der Waals surface area contributed by atoms with Crippen LogP contribution in [0.1, 0.15) is 35.1 Å². The van der Waals surface area contributed by atoms with E-state index in [4.69, 9.17) is 16.4 Å². The molecule has 0 unspecified atom stereocenters. The second-order valence-corrected chi connectivity index (χ2v) is 9.05. The first-order valence-electron chi connectivity index (χ1n) is 10.9. The standard InChI is InChI=1S/C25H32ClN3O3/c1-17-6-8-21(9-7-17)27-24(31)25(10-12-29(32-5)13-11-25)28(4)23(30)16-22-18(2)14-20(26)15-19(22)3/h6-9,14-15H,10-13,16H2,1-5H3,(H,27,31). The Morgan fingerprint density at radius 2 is 1.66 bits per heavy atom. The summed E-state index contributed by atoms with van der Waals surface area (Å²) in [5, 5.41) is 5.51. The molecule has 7 heteroatoms. The van der Waals surface area contributed by atoms with Gasteiger partial charge in [-0.1, -0.05) is 29.3 Å². The van der Waals surface area contributed by atoms with Crippen molar-refractivity contribution in [2.24, 2.45) is 0 Å². The SMILES string of the molecule is CON1CCC(C(=O)Nc2ccc(C)cc2)(N(C)C(=O)Cc2c(C)cc(Cl)cc2C)CC1. The predicted molar refractivity (Wildman–Crippen MR) is 128 cm³/mol. The summed E-state index contributed by atoms with van der Waals surface area (Å²) < 4.78 is 0. The van der Waals surface area contributed by atoms with Gasteiger partial charge in [-0.15, -0.1) is 0 Å². The third kappa shape index (κ3) is 5.14. The summed E-state index contributed by atoms with van der Waals surface area (Å²) in [6.07, 6.45) is 1.19. The number of hydroxylamine groups is 2. The molecule has 1 saturated heterocycles. The summed E-state index contributed by atoms with van der Waals surface area (Å²) in [4.78, 5) is 34.0. The minimum Gasteiger partial charge on any atom is -0.331 e. The Bertz CT molecular complexity index is 959. The number of carbonyl (C=O) groups excluding carboxylic acids is 2. The van der Waals surface area contributed by atoms with Gasteiger partial charge >= 0.3 is 0 Å². The molecule has 0 spiro atoms. The number of benzene rings is 2. The van der Waals surface area contributed by atoms with Gasteiger partial charge in [0.25, 0.3) is 0 Å². The van der Waals surface area contributed by atoms with E-state index in [0.29, 0.717) is 31.0 Å². The Morgan fingerprint density at radius 3 is 2.19 bits per heavy atom. The van der Waals surface area contributed by atoms with Crippen LogP contribution in [0.4, 0.5) is 5.69 Å². The molecule has 0 atom stereocenters. The van der Waals surface area contributed by atoms with Crippen LogP contribution in [0, 0.1) is 20.8 Å². The zero-order chi connectivity index (χ0) is 23.5.